The lowest BCUT2D eigenvalue weighted by molar-refractivity contribution is -0.144. The number of hydrazone groups is 1. The Hall–Kier alpha value is -2.37. The molecule has 7 heteroatoms. The first-order valence-electron chi connectivity index (χ1n) is 10.1. The Balaban J connectivity index is 1.61. The Labute approximate surface area is 186 Å². The molecule has 0 bridgehead atoms. The number of amides is 2. The van der Waals surface area contributed by atoms with E-state index in [4.69, 9.17) is 23.2 Å². The Kier molecular flexibility index (Phi) is 6.11. The van der Waals surface area contributed by atoms with Gasteiger partial charge in [0, 0.05) is 35.0 Å². The van der Waals surface area contributed by atoms with E-state index in [2.05, 4.69) is 5.10 Å². The predicted molar refractivity (Wildman–Crippen MR) is 119 cm³/mol. The molecule has 4 rings (SSSR count). The highest BCUT2D eigenvalue weighted by Gasteiger charge is 2.36. The molecule has 156 valence electrons. The quantitative estimate of drug-likeness (QED) is 0.657. The highest BCUT2D eigenvalue weighted by molar-refractivity contribution is 6.34. The molecule has 2 aromatic rings. The molecular formula is C23H23Cl2N3O2. The maximum Gasteiger partial charge on any atom is 0.262 e. The zero-order valence-electron chi connectivity index (χ0n) is 16.7. The molecule has 1 fully saturated rings. The minimum Gasteiger partial charge on any atom is -0.336 e. The molecule has 5 nitrogen and oxygen atoms in total. The van der Waals surface area contributed by atoms with Gasteiger partial charge >= 0.3 is 0 Å². The van der Waals surface area contributed by atoms with Crippen LogP contribution in [0, 0.1) is 5.92 Å². The smallest absolute Gasteiger partial charge is 0.262 e. The van der Waals surface area contributed by atoms with Gasteiger partial charge in [-0.25, -0.2) is 5.01 Å². The molecular weight excluding hydrogens is 421 g/mol. The summed E-state index contributed by atoms with van der Waals surface area (Å²) in [5, 5.41) is 7.25. The van der Waals surface area contributed by atoms with Crippen LogP contribution >= 0.6 is 23.2 Å². The Morgan fingerprint density at radius 3 is 2.37 bits per heavy atom. The van der Waals surface area contributed by atoms with E-state index in [0.29, 0.717) is 16.5 Å². The largest absolute Gasteiger partial charge is 0.336 e. The average Bonchev–Trinajstić information content (AvgIpc) is 3.12. The van der Waals surface area contributed by atoms with Crippen molar-refractivity contribution in [3.8, 4) is 0 Å². The minimum absolute atomic E-state index is 0.0183. The second kappa shape index (κ2) is 8.78. The monoisotopic (exact) mass is 443 g/mol. The first-order valence-corrected chi connectivity index (χ1v) is 10.8. The van der Waals surface area contributed by atoms with Crippen LogP contribution in [0.2, 0.25) is 10.0 Å². The predicted octanol–water partition coefficient (Wildman–Crippen LogP) is 4.93. The number of benzene rings is 2. The first-order chi connectivity index (χ1) is 14.5. The van der Waals surface area contributed by atoms with Crippen molar-refractivity contribution in [1.29, 1.82) is 0 Å². The van der Waals surface area contributed by atoms with E-state index in [1.165, 1.54) is 9.91 Å². The number of rotatable bonds is 5. The maximum atomic E-state index is 13.2. The average molecular weight is 444 g/mol. The fourth-order valence-corrected chi connectivity index (χ4v) is 4.41. The van der Waals surface area contributed by atoms with Gasteiger partial charge in [0.25, 0.3) is 5.91 Å². The van der Waals surface area contributed by atoms with E-state index in [-0.39, 0.29) is 30.3 Å². The zero-order chi connectivity index (χ0) is 21.3. The molecule has 1 atom stereocenters. The molecule has 2 aromatic carbocycles. The lowest BCUT2D eigenvalue weighted by atomic mass is 9.84. The second-order valence-electron chi connectivity index (χ2n) is 7.83. The van der Waals surface area contributed by atoms with Gasteiger partial charge in [-0.2, -0.15) is 5.10 Å². The van der Waals surface area contributed by atoms with Gasteiger partial charge in [-0.15, -0.1) is 0 Å². The number of hydrogen-bond acceptors (Lipinski definition) is 3. The molecule has 2 aliphatic rings. The molecule has 0 aromatic heterocycles. The lowest BCUT2D eigenvalue weighted by Crippen LogP contribution is -2.42. The van der Waals surface area contributed by atoms with E-state index in [0.717, 1.165) is 36.1 Å². The van der Waals surface area contributed by atoms with Gasteiger partial charge in [0.05, 0.1) is 11.8 Å². The fraction of sp³-hybridized carbons (Fsp3) is 0.348. The molecule has 0 spiro atoms. The molecule has 0 radical (unpaired) electrons. The number of hydrogen-bond donors (Lipinski definition) is 0. The molecule has 1 saturated carbocycles. The summed E-state index contributed by atoms with van der Waals surface area (Å²) in [5.74, 6) is -0.168. The Morgan fingerprint density at radius 1 is 1.07 bits per heavy atom. The van der Waals surface area contributed by atoms with Gasteiger partial charge in [-0.05, 0) is 30.5 Å². The van der Waals surface area contributed by atoms with Gasteiger partial charge in [-0.3, -0.25) is 9.59 Å². The van der Waals surface area contributed by atoms with Crippen molar-refractivity contribution >= 4 is 40.7 Å². The number of nitrogens with zero attached hydrogens (tertiary/aromatic N) is 3. The fourth-order valence-electron chi connectivity index (χ4n) is 3.91. The van der Waals surface area contributed by atoms with E-state index in [1.54, 1.807) is 19.2 Å². The number of carbonyl (C=O) groups excluding carboxylic acids is 2. The van der Waals surface area contributed by atoms with Crippen LogP contribution in [0.4, 0.5) is 0 Å². The van der Waals surface area contributed by atoms with Crippen molar-refractivity contribution < 1.29 is 9.59 Å². The minimum atomic E-state index is -0.343. The van der Waals surface area contributed by atoms with Crippen molar-refractivity contribution in [3.63, 3.8) is 0 Å². The van der Waals surface area contributed by atoms with Gasteiger partial charge < -0.3 is 4.90 Å². The van der Waals surface area contributed by atoms with Crippen LogP contribution in [0.15, 0.2) is 53.6 Å². The van der Waals surface area contributed by atoms with Crippen LogP contribution in [0.25, 0.3) is 0 Å². The lowest BCUT2D eigenvalue weighted by Gasteiger charge is -2.30. The third-order valence-electron chi connectivity index (χ3n) is 5.82. The molecule has 2 amide bonds. The zero-order valence-corrected chi connectivity index (χ0v) is 18.2. The highest BCUT2D eigenvalue weighted by atomic mass is 35.5. The van der Waals surface area contributed by atoms with Crippen molar-refractivity contribution in [1.82, 2.24) is 9.91 Å². The molecule has 1 aliphatic carbocycles. The van der Waals surface area contributed by atoms with Gasteiger partial charge in [0.1, 0.15) is 6.54 Å². The molecule has 30 heavy (non-hydrogen) atoms. The van der Waals surface area contributed by atoms with Crippen molar-refractivity contribution in [3.05, 3.63) is 69.7 Å². The Bertz CT molecular complexity index is 1000. The summed E-state index contributed by atoms with van der Waals surface area (Å²) in [4.78, 5) is 27.2. The summed E-state index contributed by atoms with van der Waals surface area (Å²) in [5.41, 5.74) is 2.35. The van der Waals surface area contributed by atoms with Gasteiger partial charge in [-0.1, -0.05) is 66.0 Å². The molecule has 0 unspecified atom stereocenters. The molecule has 0 N–H and O–H groups in total. The molecule has 1 aliphatic heterocycles. The van der Waals surface area contributed by atoms with E-state index >= 15 is 0 Å². The summed E-state index contributed by atoms with van der Waals surface area (Å²) in [6.07, 6.45) is 3.38. The second-order valence-corrected chi connectivity index (χ2v) is 8.64. The van der Waals surface area contributed by atoms with Gasteiger partial charge in [0.15, 0.2) is 0 Å². The standard InChI is InChI=1S/C23H23Cl2N3O2/c1-27(23(30)15-7-6-8-15)14-22(29)28-21(17-10-3-5-12-19(17)25)13-20(26-28)16-9-2-4-11-18(16)24/h2-5,9-12,15,21H,6-8,13-14H2,1H3/t21-/m1/s1. The van der Waals surface area contributed by atoms with Crippen LogP contribution in [0.3, 0.4) is 0 Å². The van der Waals surface area contributed by atoms with E-state index < -0.39 is 0 Å². The summed E-state index contributed by atoms with van der Waals surface area (Å²) < 4.78 is 0. The van der Waals surface area contributed by atoms with Crippen LogP contribution in [0.5, 0.6) is 0 Å². The number of halogens is 2. The molecule has 1 heterocycles. The highest BCUT2D eigenvalue weighted by Crippen LogP contribution is 2.37. The first kappa shape index (κ1) is 20.9. The summed E-state index contributed by atoms with van der Waals surface area (Å²) >= 11 is 12.8. The van der Waals surface area contributed by atoms with Crippen LogP contribution < -0.4 is 0 Å². The maximum absolute atomic E-state index is 13.2. The summed E-state index contributed by atoms with van der Waals surface area (Å²) in [6.45, 7) is -0.0183. The normalized spacial score (nSPS) is 18.7. The van der Waals surface area contributed by atoms with Crippen LogP contribution in [-0.4, -0.2) is 41.0 Å². The van der Waals surface area contributed by atoms with Crippen molar-refractivity contribution in [2.24, 2.45) is 11.0 Å². The summed E-state index contributed by atoms with van der Waals surface area (Å²) in [6, 6.07) is 14.6. The van der Waals surface area contributed by atoms with Gasteiger partial charge in [0.2, 0.25) is 5.91 Å². The SMILES string of the molecule is CN(CC(=O)N1N=C(c2ccccc2Cl)C[C@@H]1c1ccccc1Cl)C(=O)C1CCC1. The third kappa shape index (κ3) is 4.09. The van der Waals surface area contributed by atoms with Crippen LogP contribution in [-0.2, 0) is 9.59 Å². The van der Waals surface area contributed by atoms with Crippen LogP contribution in [0.1, 0.15) is 42.9 Å². The molecule has 0 saturated heterocycles. The van der Waals surface area contributed by atoms with Crippen molar-refractivity contribution in [2.45, 2.75) is 31.7 Å². The topological polar surface area (TPSA) is 53.0 Å². The van der Waals surface area contributed by atoms with Crippen molar-refractivity contribution in [2.75, 3.05) is 13.6 Å². The van der Waals surface area contributed by atoms with E-state index in [1.807, 2.05) is 36.4 Å². The Morgan fingerprint density at radius 2 is 1.73 bits per heavy atom. The number of carbonyl (C=O) groups is 2. The summed E-state index contributed by atoms with van der Waals surface area (Å²) in [7, 11) is 1.68. The third-order valence-corrected chi connectivity index (χ3v) is 6.49. The number of likely N-dealkylation sites (N-methyl/N-ethyl adjacent to an activating group) is 1. The van der Waals surface area contributed by atoms with E-state index in [9.17, 15) is 9.59 Å².